The summed E-state index contributed by atoms with van der Waals surface area (Å²) in [6.07, 6.45) is 6.08. The third-order valence-corrected chi connectivity index (χ3v) is 3.02. The molecule has 1 N–H and O–H groups in total. The number of hydrogen-bond donors (Lipinski definition) is 1. The summed E-state index contributed by atoms with van der Waals surface area (Å²) in [5, 5.41) is 13.3. The molecule has 1 saturated heterocycles. The van der Waals surface area contributed by atoms with Crippen molar-refractivity contribution in [1.29, 1.82) is 0 Å². The Morgan fingerprint density at radius 3 is 2.84 bits per heavy atom. The molecule has 0 unspecified atom stereocenters. The van der Waals surface area contributed by atoms with E-state index >= 15 is 0 Å². The molecule has 0 aromatic carbocycles. The Bertz CT molecular complexity index is 519. The first-order valence-electron chi connectivity index (χ1n) is 5.98. The van der Waals surface area contributed by atoms with Crippen LogP contribution in [0.4, 0.5) is 0 Å². The highest BCUT2D eigenvalue weighted by Gasteiger charge is 2.43. The van der Waals surface area contributed by atoms with Crippen molar-refractivity contribution in [3.05, 3.63) is 42.7 Å². The van der Waals surface area contributed by atoms with E-state index < -0.39 is 5.79 Å². The van der Waals surface area contributed by atoms with Crippen LogP contribution in [0, 0.1) is 0 Å². The van der Waals surface area contributed by atoms with Crippen molar-refractivity contribution in [3.63, 3.8) is 0 Å². The number of nitrogens with zero attached hydrogens (tertiary/aromatic N) is 4. The van der Waals surface area contributed by atoms with Crippen molar-refractivity contribution in [2.45, 2.75) is 18.4 Å². The zero-order valence-corrected chi connectivity index (χ0v) is 10.2. The molecule has 7 heteroatoms. The van der Waals surface area contributed by atoms with Gasteiger partial charge in [-0.1, -0.05) is 0 Å². The molecule has 0 saturated carbocycles. The van der Waals surface area contributed by atoms with Gasteiger partial charge in [-0.3, -0.25) is 4.98 Å². The molecule has 3 rings (SSSR count). The quantitative estimate of drug-likeness (QED) is 0.830. The summed E-state index contributed by atoms with van der Waals surface area (Å²) in [6, 6.07) is 3.66. The SMILES string of the molecule is OC[C@@H]1CO[C@@](Cn2cncn2)(c2ccncc2)O1. The third kappa shape index (κ3) is 2.35. The van der Waals surface area contributed by atoms with Crippen LogP contribution in [0.2, 0.25) is 0 Å². The van der Waals surface area contributed by atoms with Gasteiger partial charge in [-0.15, -0.1) is 0 Å². The Balaban J connectivity index is 1.92. The molecule has 2 atom stereocenters. The lowest BCUT2D eigenvalue weighted by Crippen LogP contribution is -2.34. The molecule has 1 fully saturated rings. The van der Waals surface area contributed by atoms with Crippen molar-refractivity contribution >= 4 is 0 Å². The van der Waals surface area contributed by atoms with Crippen LogP contribution >= 0.6 is 0 Å². The predicted octanol–water partition coefficient (Wildman–Crippen LogP) is -0.0662. The van der Waals surface area contributed by atoms with E-state index in [1.165, 1.54) is 6.33 Å². The highest BCUT2D eigenvalue weighted by atomic mass is 16.7. The summed E-state index contributed by atoms with van der Waals surface area (Å²) in [7, 11) is 0. The molecule has 1 aliphatic rings. The van der Waals surface area contributed by atoms with Gasteiger partial charge >= 0.3 is 0 Å². The minimum Gasteiger partial charge on any atom is -0.394 e. The average Bonchev–Trinajstić information content (AvgIpc) is 3.10. The van der Waals surface area contributed by atoms with Gasteiger partial charge in [-0.05, 0) is 12.1 Å². The maximum Gasteiger partial charge on any atom is 0.215 e. The summed E-state index contributed by atoms with van der Waals surface area (Å²) in [6.45, 7) is 0.630. The Kier molecular flexibility index (Phi) is 3.24. The summed E-state index contributed by atoms with van der Waals surface area (Å²) in [5.41, 5.74) is 0.842. The molecular formula is C12H14N4O3. The van der Waals surface area contributed by atoms with Crippen LogP contribution in [0.3, 0.4) is 0 Å². The number of aliphatic hydroxyl groups excluding tert-OH is 1. The normalized spacial score (nSPS) is 26.7. The van der Waals surface area contributed by atoms with E-state index in [2.05, 4.69) is 15.1 Å². The lowest BCUT2D eigenvalue weighted by atomic mass is 10.1. The van der Waals surface area contributed by atoms with Gasteiger partial charge in [0, 0.05) is 18.0 Å². The second-order valence-corrected chi connectivity index (χ2v) is 4.32. The van der Waals surface area contributed by atoms with E-state index in [0.717, 1.165) is 5.56 Å². The number of rotatable bonds is 4. The van der Waals surface area contributed by atoms with E-state index in [9.17, 15) is 5.11 Å². The molecule has 19 heavy (non-hydrogen) atoms. The Morgan fingerprint density at radius 2 is 2.21 bits per heavy atom. The fourth-order valence-corrected chi connectivity index (χ4v) is 2.11. The fourth-order valence-electron chi connectivity index (χ4n) is 2.11. The molecule has 2 aromatic rings. The van der Waals surface area contributed by atoms with Gasteiger partial charge in [0.2, 0.25) is 5.79 Å². The molecule has 7 nitrogen and oxygen atoms in total. The van der Waals surface area contributed by atoms with Crippen molar-refractivity contribution in [2.24, 2.45) is 0 Å². The highest BCUT2D eigenvalue weighted by Crippen LogP contribution is 2.35. The van der Waals surface area contributed by atoms with Gasteiger partial charge in [0.05, 0.1) is 13.2 Å². The third-order valence-electron chi connectivity index (χ3n) is 3.02. The molecule has 0 spiro atoms. The summed E-state index contributed by atoms with van der Waals surface area (Å²) in [5.74, 6) is -0.954. The molecule has 100 valence electrons. The second-order valence-electron chi connectivity index (χ2n) is 4.32. The molecule has 2 aromatic heterocycles. The Morgan fingerprint density at radius 1 is 1.37 bits per heavy atom. The first kappa shape index (κ1) is 12.2. The van der Waals surface area contributed by atoms with Gasteiger partial charge < -0.3 is 14.6 Å². The molecule has 3 heterocycles. The molecular weight excluding hydrogens is 248 g/mol. The standard InChI is InChI=1S/C12H14N4O3/c17-5-11-6-18-12(19-11,7-16-9-14-8-15-16)10-1-3-13-4-2-10/h1-4,8-9,11,17H,5-7H2/t11-,12-/m1/s1. The van der Waals surface area contributed by atoms with Crippen LogP contribution in [-0.2, 0) is 21.8 Å². The smallest absolute Gasteiger partial charge is 0.215 e. The molecule has 0 amide bonds. The molecule has 1 aliphatic heterocycles. The van der Waals surface area contributed by atoms with E-state index in [0.29, 0.717) is 13.2 Å². The fraction of sp³-hybridized carbons (Fsp3) is 0.417. The average molecular weight is 262 g/mol. The minimum atomic E-state index is -0.954. The van der Waals surface area contributed by atoms with Crippen LogP contribution in [0.25, 0.3) is 0 Å². The second kappa shape index (κ2) is 5.04. The first-order chi connectivity index (χ1) is 9.32. The Hall–Kier alpha value is -1.83. The van der Waals surface area contributed by atoms with E-state index in [1.807, 2.05) is 12.1 Å². The monoisotopic (exact) mass is 262 g/mol. The van der Waals surface area contributed by atoms with Gasteiger partial charge in [0.15, 0.2) is 0 Å². The number of aromatic nitrogens is 4. The molecule has 0 bridgehead atoms. The van der Waals surface area contributed by atoms with Crippen LogP contribution in [0.1, 0.15) is 5.56 Å². The maximum absolute atomic E-state index is 9.22. The summed E-state index contributed by atoms with van der Waals surface area (Å²) < 4.78 is 13.3. The number of ether oxygens (including phenoxy) is 2. The number of aliphatic hydroxyl groups is 1. The van der Waals surface area contributed by atoms with E-state index in [1.54, 1.807) is 23.4 Å². The van der Waals surface area contributed by atoms with Gasteiger partial charge in [0.1, 0.15) is 25.3 Å². The highest BCUT2D eigenvalue weighted by molar-refractivity contribution is 5.17. The first-order valence-corrected chi connectivity index (χ1v) is 5.98. The van der Waals surface area contributed by atoms with Crippen molar-refractivity contribution < 1.29 is 14.6 Å². The van der Waals surface area contributed by atoms with E-state index in [4.69, 9.17) is 9.47 Å². The zero-order chi connectivity index (χ0) is 13.1. The number of pyridine rings is 1. The van der Waals surface area contributed by atoms with E-state index in [-0.39, 0.29) is 12.7 Å². The van der Waals surface area contributed by atoms with Crippen LogP contribution in [0.5, 0.6) is 0 Å². The Labute approximate surface area is 109 Å². The topological polar surface area (TPSA) is 82.3 Å². The number of hydrogen-bond acceptors (Lipinski definition) is 6. The molecule has 0 aliphatic carbocycles. The van der Waals surface area contributed by atoms with Crippen LogP contribution in [-0.4, -0.2) is 44.2 Å². The lowest BCUT2D eigenvalue weighted by Gasteiger charge is -2.28. The van der Waals surface area contributed by atoms with Crippen molar-refractivity contribution in [1.82, 2.24) is 19.7 Å². The van der Waals surface area contributed by atoms with Crippen LogP contribution < -0.4 is 0 Å². The zero-order valence-electron chi connectivity index (χ0n) is 10.2. The van der Waals surface area contributed by atoms with Gasteiger partial charge in [-0.25, -0.2) is 9.67 Å². The predicted molar refractivity (Wildman–Crippen MR) is 63.8 cm³/mol. The van der Waals surface area contributed by atoms with Gasteiger partial charge in [0.25, 0.3) is 0 Å². The maximum atomic E-state index is 9.22. The van der Waals surface area contributed by atoms with Crippen molar-refractivity contribution in [2.75, 3.05) is 13.2 Å². The summed E-state index contributed by atoms with van der Waals surface area (Å²) >= 11 is 0. The van der Waals surface area contributed by atoms with Crippen molar-refractivity contribution in [3.8, 4) is 0 Å². The molecule has 0 radical (unpaired) electrons. The van der Waals surface area contributed by atoms with Crippen LogP contribution in [0.15, 0.2) is 37.2 Å². The largest absolute Gasteiger partial charge is 0.394 e. The lowest BCUT2D eigenvalue weighted by molar-refractivity contribution is -0.191. The minimum absolute atomic E-state index is 0.0792. The van der Waals surface area contributed by atoms with Gasteiger partial charge in [-0.2, -0.15) is 5.10 Å². The summed E-state index contributed by atoms with van der Waals surface area (Å²) in [4.78, 5) is 7.90.